The summed E-state index contributed by atoms with van der Waals surface area (Å²) < 4.78 is 29.3. The minimum absolute atomic E-state index is 0.0172. The molecule has 1 aliphatic rings. The first-order valence-electron chi connectivity index (χ1n) is 7.24. The highest BCUT2D eigenvalue weighted by Crippen LogP contribution is 2.19. The van der Waals surface area contributed by atoms with Crippen LogP contribution in [0.1, 0.15) is 44.9 Å². The van der Waals surface area contributed by atoms with Gasteiger partial charge < -0.3 is 10.3 Å². The van der Waals surface area contributed by atoms with Gasteiger partial charge in [0.1, 0.15) is 5.82 Å². The molecule has 0 radical (unpaired) electrons. The number of hydrogen-bond acceptors (Lipinski definition) is 4. The summed E-state index contributed by atoms with van der Waals surface area (Å²) in [6, 6.07) is 0.193. The standard InChI is InChI=1S/C13H24N4O2S/c1-3-8-17-9-13(15-10(17)2)20(18,19)16-12-6-4-11(14)5-7-12/h9,11-12,16H,3-8,14H2,1-2H3. The second-order valence-electron chi connectivity index (χ2n) is 5.55. The lowest BCUT2D eigenvalue weighted by atomic mass is 9.93. The van der Waals surface area contributed by atoms with E-state index in [4.69, 9.17) is 5.73 Å². The molecule has 0 spiro atoms. The Labute approximate surface area is 120 Å². The highest BCUT2D eigenvalue weighted by molar-refractivity contribution is 7.89. The third-order valence-electron chi connectivity index (χ3n) is 3.79. The van der Waals surface area contributed by atoms with Crippen molar-refractivity contribution in [1.82, 2.24) is 14.3 Å². The van der Waals surface area contributed by atoms with E-state index in [1.54, 1.807) is 6.20 Å². The number of sulfonamides is 1. The number of nitrogens with zero attached hydrogens (tertiary/aromatic N) is 2. The predicted octanol–water partition coefficient (Wildman–Crippen LogP) is 1.15. The van der Waals surface area contributed by atoms with Gasteiger partial charge in [0.05, 0.1) is 0 Å². The van der Waals surface area contributed by atoms with Crippen molar-refractivity contribution >= 4 is 10.0 Å². The number of imidazole rings is 1. The second kappa shape index (κ2) is 6.24. The zero-order chi connectivity index (χ0) is 14.8. The van der Waals surface area contributed by atoms with Crippen molar-refractivity contribution in [3.8, 4) is 0 Å². The van der Waals surface area contributed by atoms with Gasteiger partial charge in [0.15, 0.2) is 5.03 Å². The molecule has 114 valence electrons. The molecule has 0 unspecified atom stereocenters. The quantitative estimate of drug-likeness (QED) is 0.853. The molecule has 1 aromatic heterocycles. The minimum atomic E-state index is -3.52. The molecule has 6 nitrogen and oxygen atoms in total. The van der Waals surface area contributed by atoms with Crippen LogP contribution in [0.4, 0.5) is 0 Å². The van der Waals surface area contributed by atoms with Gasteiger partial charge in [0.25, 0.3) is 10.0 Å². The highest BCUT2D eigenvalue weighted by atomic mass is 32.2. The molecule has 1 saturated carbocycles. The fraction of sp³-hybridized carbons (Fsp3) is 0.769. The lowest BCUT2D eigenvalue weighted by Crippen LogP contribution is -2.40. The van der Waals surface area contributed by atoms with Crippen LogP contribution < -0.4 is 10.5 Å². The molecule has 0 bridgehead atoms. The van der Waals surface area contributed by atoms with Crippen LogP contribution in [-0.4, -0.2) is 30.1 Å². The van der Waals surface area contributed by atoms with E-state index >= 15 is 0 Å². The van der Waals surface area contributed by atoms with Crippen LogP contribution in [0.25, 0.3) is 0 Å². The summed E-state index contributed by atoms with van der Waals surface area (Å²) in [5.74, 6) is 0.734. The van der Waals surface area contributed by atoms with Crippen LogP contribution in [0.15, 0.2) is 11.2 Å². The van der Waals surface area contributed by atoms with E-state index in [0.717, 1.165) is 44.5 Å². The molecule has 0 saturated heterocycles. The summed E-state index contributed by atoms with van der Waals surface area (Å²) in [6.07, 6.45) is 5.91. The maximum atomic E-state index is 12.3. The number of rotatable bonds is 5. The molecule has 1 fully saturated rings. The fourth-order valence-corrected chi connectivity index (χ4v) is 3.91. The molecule has 3 N–H and O–H groups in total. The molecule has 7 heteroatoms. The largest absolute Gasteiger partial charge is 0.334 e. The number of nitrogens with two attached hydrogens (primary N) is 1. The van der Waals surface area contributed by atoms with Gasteiger partial charge in [-0.3, -0.25) is 0 Å². The Morgan fingerprint density at radius 3 is 2.65 bits per heavy atom. The molecule has 1 aromatic rings. The normalized spacial score (nSPS) is 23.9. The van der Waals surface area contributed by atoms with E-state index in [-0.39, 0.29) is 17.1 Å². The van der Waals surface area contributed by atoms with Crippen molar-refractivity contribution in [3.63, 3.8) is 0 Å². The SMILES string of the molecule is CCCn1cc(S(=O)(=O)NC2CCC(N)CC2)nc1C. The summed E-state index contributed by atoms with van der Waals surface area (Å²) in [7, 11) is -3.52. The third-order valence-corrected chi connectivity index (χ3v) is 5.18. The van der Waals surface area contributed by atoms with Gasteiger partial charge in [-0.2, -0.15) is 0 Å². The van der Waals surface area contributed by atoms with Gasteiger partial charge in [-0.25, -0.2) is 18.1 Å². The van der Waals surface area contributed by atoms with Crippen LogP contribution in [-0.2, 0) is 16.6 Å². The van der Waals surface area contributed by atoms with Crippen molar-refractivity contribution in [2.24, 2.45) is 5.73 Å². The first kappa shape index (κ1) is 15.5. The molecule has 2 rings (SSSR count). The minimum Gasteiger partial charge on any atom is -0.334 e. The number of aromatic nitrogens is 2. The smallest absolute Gasteiger partial charge is 0.259 e. The summed E-state index contributed by atoms with van der Waals surface area (Å²) in [6.45, 7) is 4.66. The first-order valence-corrected chi connectivity index (χ1v) is 8.72. The Bertz CT molecular complexity index is 545. The lowest BCUT2D eigenvalue weighted by molar-refractivity contribution is 0.373. The van der Waals surface area contributed by atoms with Crippen LogP contribution >= 0.6 is 0 Å². The van der Waals surface area contributed by atoms with Crippen LogP contribution in [0.3, 0.4) is 0 Å². The topological polar surface area (TPSA) is 90.0 Å². The molecule has 1 heterocycles. The van der Waals surface area contributed by atoms with Crippen LogP contribution in [0, 0.1) is 6.92 Å². The molecule has 20 heavy (non-hydrogen) atoms. The fourth-order valence-electron chi connectivity index (χ4n) is 2.59. The van der Waals surface area contributed by atoms with Gasteiger partial charge >= 0.3 is 0 Å². The van der Waals surface area contributed by atoms with Gasteiger partial charge in [-0.1, -0.05) is 6.92 Å². The number of aryl methyl sites for hydroxylation is 2. The van der Waals surface area contributed by atoms with Crippen LogP contribution in [0.2, 0.25) is 0 Å². The Kier molecular flexibility index (Phi) is 4.82. The molecular formula is C13H24N4O2S. The lowest BCUT2D eigenvalue weighted by Gasteiger charge is -2.26. The second-order valence-corrected chi connectivity index (χ2v) is 7.21. The maximum Gasteiger partial charge on any atom is 0.259 e. The molecule has 0 aromatic carbocycles. The van der Waals surface area contributed by atoms with Crippen molar-refractivity contribution < 1.29 is 8.42 Å². The monoisotopic (exact) mass is 300 g/mol. The van der Waals surface area contributed by atoms with Crippen molar-refractivity contribution in [2.75, 3.05) is 0 Å². The molecule has 1 aliphatic carbocycles. The number of nitrogens with one attached hydrogen (secondary N) is 1. The van der Waals surface area contributed by atoms with E-state index in [2.05, 4.69) is 16.6 Å². The average molecular weight is 300 g/mol. The zero-order valence-corrected chi connectivity index (χ0v) is 13.0. The Morgan fingerprint density at radius 1 is 1.40 bits per heavy atom. The predicted molar refractivity (Wildman–Crippen MR) is 77.8 cm³/mol. The summed E-state index contributed by atoms with van der Waals surface area (Å²) >= 11 is 0. The maximum absolute atomic E-state index is 12.3. The van der Waals surface area contributed by atoms with Gasteiger partial charge in [-0.05, 0) is 39.0 Å². The summed E-state index contributed by atoms with van der Waals surface area (Å²) in [5, 5.41) is 0.123. The molecular weight excluding hydrogens is 276 g/mol. The Balaban J connectivity index is 2.08. The Hall–Kier alpha value is -0.920. The third kappa shape index (κ3) is 3.59. The zero-order valence-electron chi connectivity index (χ0n) is 12.2. The van der Waals surface area contributed by atoms with E-state index in [0.29, 0.717) is 0 Å². The first-order chi connectivity index (χ1) is 9.42. The van der Waals surface area contributed by atoms with Crippen molar-refractivity contribution in [2.45, 2.75) is 69.6 Å². The van der Waals surface area contributed by atoms with Crippen LogP contribution in [0.5, 0.6) is 0 Å². The number of hydrogen-bond donors (Lipinski definition) is 2. The molecule has 0 amide bonds. The summed E-state index contributed by atoms with van der Waals surface area (Å²) in [4.78, 5) is 4.17. The average Bonchev–Trinajstić information content (AvgIpc) is 2.75. The van der Waals surface area contributed by atoms with E-state index in [1.165, 1.54) is 0 Å². The summed E-state index contributed by atoms with van der Waals surface area (Å²) in [5.41, 5.74) is 5.84. The van der Waals surface area contributed by atoms with Crippen molar-refractivity contribution in [3.05, 3.63) is 12.0 Å². The van der Waals surface area contributed by atoms with E-state index in [9.17, 15) is 8.42 Å². The highest BCUT2D eigenvalue weighted by Gasteiger charge is 2.26. The van der Waals surface area contributed by atoms with Gasteiger partial charge in [-0.15, -0.1) is 0 Å². The Morgan fingerprint density at radius 2 is 2.05 bits per heavy atom. The van der Waals surface area contributed by atoms with Gasteiger partial charge in [0.2, 0.25) is 0 Å². The molecule has 0 atom stereocenters. The molecule has 0 aliphatic heterocycles. The van der Waals surface area contributed by atoms with Crippen molar-refractivity contribution in [1.29, 1.82) is 0 Å². The van der Waals surface area contributed by atoms with E-state index in [1.807, 2.05) is 11.5 Å². The van der Waals surface area contributed by atoms with Gasteiger partial charge in [0, 0.05) is 24.8 Å². The van der Waals surface area contributed by atoms with E-state index < -0.39 is 10.0 Å².